The van der Waals surface area contributed by atoms with E-state index in [4.69, 9.17) is 10.5 Å². The van der Waals surface area contributed by atoms with Gasteiger partial charge < -0.3 is 10.5 Å². The summed E-state index contributed by atoms with van der Waals surface area (Å²) >= 11 is 3.39. The molecule has 0 saturated carbocycles. The van der Waals surface area contributed by atoms with Gasteiger partial charge in [-0.2, -0.15) is 9.78 Å². The largest absolute Gasteiger partial charge is 0.422 e. The smallest absolute Gasteiger partial charge is 0.343 e. The van der Waals surface area contributed by atoms with Crippen molar-refractivity contribution in [2.75, 3.05) is 5.73 Å². The Morgan fingerprint density at radius 1 is 1.03 bits per heavy atom. The first-order valence-electron chi connectivity index (χ1n) is 11.0. The second-order valence-electron chi connectivity index (χ2n) is 7.67. The summed E-state index contributed by atoms with van der Waals surface area (Å²) in [6.45, 7) is 0. The Morgan fingerprint density at radius 2 is 1.76 bits per heavy atom. The maximum atomic E-state index is 13.1. The number of halogens is 1. The highest BCUT2D eigenvalue weighted by Gasteiger charge is 2.25. The molecule has 5 aromatic rings. The lowest BCUT2D eigenvalue weighted by molar-refractivity contribution is 0.0734. The molecule has 3 N–H and O–H groups in total. The number of amides is 1. The van der Waals surface area contributed by atoms with Crippen molar-refractivity contribution in [1.82, 2.24) is 30.7 Å². The number of hydrazone groups is 1. The third-order valence-electron chi connectivity index (χ3n) is 5.18. The Kier molecular flexibility index (Phi) is 6.99. The Hall–Kier alpha value is -5.17. The number of esters is 1. The van der Waals surface area contributed by atoms with E-state index in [1.54, 1.807) is 72.8 Å². The van der Waals surface area contributed by atoms with Gasteiger partial charge in [0.05, 0.1) is 11.8 Å². The molecule has 0 bridgehead atoms. The van der Waals surface area contributed by atoms with Crippen molar-refractivity contribution in [3.8, 4) is 22.8 Å². The summed E-state index contributed by atoms with van der Waals surface area (Å²) in [5.41, 5.74) is 9.98. The molecule has 5 rings (SSSR count). The van der Waals surface area contributed by atoms with Crippen LogP contribution in [0.2, 0.25) is 0 Å². The molecule has 0 fully saturated rings. The maximum absolute atomic E-state index is 13.1. The normalized spacial score (nSPS) is 11.0. The minimum Gasteiger partial charge on any atom is -0.422 e. The quantitative estimate of drug-likeness (QED) is 0.128. The molecule has 12 nitrogen and oxygen atoms in total. The van der Waals surface area contributed by atoms with Gasteiger partial charge in [0.25, 0.3) is 5.91 Å². The lowest BCUT2D eigenvalue weighted by Crippen LogP contribution is -2.19. The molecule has 2 aromatic heterocycles. The van der Waals surface area contributed by atoms with E-state index >= 15 is 0 Å². The number of anilines is 1. The molecule has 0 aliphatic heterocycles. The number of carbonyl (C=O) groups is 2. The fraction of sp³-hybridized carbons (Fsp3) is 0. The Balaban J connectivity index is 1.40. The van der Waals surface area contributed by atoms with Crippen LogP contribution >= 0.6 is 15.9 Å². The molecule has 38 heavy (non-hydrogen) atoms. The lowest BCUT2D eigenvalue weighted by atomic mass is 10.1. The second kappa shape index (κ2) is 10.8. The number of nitrogen functional groups attached to an aromatic ring is 1. The van der Waals surface area contributed by atoms with Gasteiger partial charge in [0.2, 0.25) is 11.6 Å². The van der Waals surface area contributed by atoms with Crippen molar-refractivity contribution in [2.45, 2.75) is 0 Å². The minimum atomic E-state index is -0.654. The van der Waals surface area contributed by atoms with Gasteiger partial charge in [0.1, 0.15) is 11.4 Å². The van der Waals surface area contributed by atoms with Crippen LogP contribution in [-0.2, 0) is 0 Å². The fourth-order valence-electron chi connectivity index (χ4n) is 3.44. The predicted octanol–water partition coefficient (Wildman–Crippen LogP) is 3.65. The molecule has 0 spiro atoms. The SMILES string of the molecule is Nc1nonc1-n1nnc(C(=O)N/N=C\c2cc(Br)ccc2OC(=O)c2ccccc2)c1-c1ccccc1. The third kappa shape index (κ3) is 5.17. The van der Waals surface area contributed by atoms with Crippen LogP contribution in [0.5, 0.6) is 5.75 Å². The summed E-state index contributed by atoms with van der Waals surface area (Å²) in [4.78, 5) is 25.6. The van der Waals surface area contributed by atoms with Crippen LogP contribution in [0, 0.1) is 0 Å². The van der Waals surface area contributed by atoms with E-state index in [-0.39, 0.29) is 23.1 Å². The van der Waals surface area contributed by atoms with Crippen molar-refractivity contribution in [1.29, 1.82) is 0 Å². The first-order chi connectivity index (χ1) is 18.5. The predicted molar refractivity (Wildman–Crippen MR) is 140 cm³/mol. The van der Waals surface area contributed by atoms with Crippen LogP contribution in [0.15, 0.2) is 93.1 Å². The molecule has 3 aromatic carbocycles. The number of nitrogens with zero attached hydrogens (tertiary/aromatic N) is 6. The molecular formula is C25H17BrN8O4. The van der Waals surface area contributed by atoms with E-state index < -0.39 is 11.9 Å². The van der Waals surface area contributed by atoms with Crippen LogP contribution in [0.25, 0.3) is 17.1 Å². The summed E-state index contributed by atoms with van der Waals surface area (Å²) in [7, 11) is 0. The number of hydrogen-bond donors (Lipinski definition) is 2. The number of carbonyl (C=O) groups excluding carboxylic acids is 2. The number of nitrogens with two attached hydrogens (primary N) is 1. The molecule has 0 aliphatic rings. The average molecular weight is 573 g/mol. The molecular weight excluding hydrogens is 556 g/mol. The van der Waals surface area contributed by atoms with Gasteiger partial charge in [0.15, 0.2) is 5.69 Å². The van der Waals surface area contributed by atoms with E-state index in [2.05, 4.69) is 51.7 Å². The average Bonchev–Trinajstić information content (AvgIpc) is 3.57. The second-order valence-corrected chi connectivity index (χ2v) is 8.59. The topological polar surface area (TPSA) is 163 Å². The van der Waals surface area contributed by atoms with Gasteiger partial charge in [-0.05, 0) is 40.6 Å². The Bertz CT molecular complexity index is 1630. The highest BCUT2D eigenvalue weighted by molar-refractivity contribution is 9.10. The van der Waals surface area contributed by atoms with Gasteiger partial charge >= 0.3 is 5.97 Å². The van der Waals surface area contributed by atoms with Gasteiger partial charge in [-0.25, -0.2) is 14.8 Å². The van der Waals surface area contributed by atoms with Crippen molar-refractivity contribution >= 4 is 39.8 Å². The maximum Gasteiger partial charge on any atom is 0.343 e. The molecule has 13 heteroatoms. The highest BCUT2D eigenvalue weighted by atomic mass is 79.9. The number of benzene rings is 3. The number of ether oxygens (including phenoxy) is 1. The Labute approximate surface area is 223 Å². The summed E-state index contributed by atoms with van der Waals surface area (Å²) in [6, 6.07) is 22.6. The van der Waals surface area contributed by atoms with Gasteiger partial charge in [-0.3, -0.25) is 4.79 Å². The Morgan fingerprint density at radius 3 is 2.47 bits per heavy atom. The standard InChI is InChI=1S/C25H17BrN8O4/c26-18-11-12-19(37-25(36)16-9-5-2-6-10-16)17(13-18)14-28-30-24(35)20-21(15-7-3-1-4-8-15)34(33-29-20)23-22(27)31-38-32-23/h1-14H,(H2,27,31)(H,30,35)/b28-14-. The molecule has 0 atom stereocenters. The summed E-state index contributed by atoms with van der Waals surface area (Å²) < 4.78 is 12.2. The summed E-state index contributed by atoms with van der Waals surface area (Å²) in [5.74, 6) is -0.872. The van der Waals surface area contributed by atoms with E-state index in [0.29, 0.717) is 22.4 Å². The number of nitrogens with one attached hydrogen (secondary N) is 1. The molecule has 2 heterocycles. The zero-order chi connectivity index (χ0) is 26.5. The molecule has 0 saturated heterocycles. The highest BCUT2D eigenvalue weighted by Crippen LogP contribution is 2.26. The van der Waals surface area contributed by atoms with Crippen molar-refractivity contribution in [3.63, 3.8) is 0 Å². The van der Waals surface area contributed by atoms with Crippen LogP contribution in [-0.4, -0.2) is 43.4 Å². The monoisotopic (exact) mass is 572 g/mol. The number of hydrogen-bond acceptors (Lipinski definition) is 10. The van der Waals surface area contributed by atoms with Gasteiger partial charge in [0, 0.05) is 15.6 Å². The third-order valence-corrected chi connectivity index (χ3v) is 5.68. The zero-order valence-electron chi connectivity index (χ0n) is 19.4. The first kappa shape index (κ1) is 24.5. The molecule has 0 unspecified atom stereocenters. The van der Waals surface area contributed by atoms with Gasteiger partial charge in [-0.15, -0.1) is 5.10 Å². The molecule has 188 valence electrons. The number of aromatic nitrogens is 5. The lowest BCUT2D eigenvalue weighted by Gasteiger charge is -2.08. The van der Waals surface area contributed by atoms with Crippen molar-refractivity contribution in [2.24, 2.45) is 5.10 Å². The van der Waals surface area contributed by atoms with Crippen molar-refractivity contribution in [3.05, 3.63) is 100 Å². The fourth-order valence-corrected chi connectivity index (χ4v) is 3.81. The van der Waals surface area contributed by atoms with Crippen LogP contribution in [0.1, 0.15) is 26.4 Å². The van der Waals surface area contributed by atoms with E-state index in [1.807, 2.05) is 6.07 Å². The number of rotatable bonds is 7. The van der Waals surface area contributed by atoms with Crippen LogP contribution in [0.3, 0.4) is 0 Å². The molecule has 0 radical (unpaired) electrons. The van der Waals surface area contributed by atoms with Gasteiger partial charge in [-0.1, -0.05) is 69.7 Å². The minimum absolute atomic E-state index is 0.0238. The van der Waals surface area contributed by atoms with E-state index in [0.717, 1.165) is 4.47 Å². The molecule has 0 aliphatic carbocycles. The van der Waals surface area contributed by atoms with Crippen LogP contribution in [0.4, 0.5) is 5.82 Å². The summed E-state index contributed by atoms with van der Waals surface area (Å²) in [5, 5.41) is 19.4. The molecule has 1 amide bonds. The zero-order valence-corrected chi connectivity index (χ0v) is 20.9. The van der Waals surface area contributed by atoms with E-state index in [1.165, 1.54) is 10.9 Å². The van der Waals surface area contributed by atoms with Crippen molar-refractivity contribution < 1.29 is 19.0 Å². The summed E-state index contributed by atoms with van der Waals surface area (Å²) in [6.07, 6.45) is 1.35. The van der Waals surface area contributed by atoms with Crippen LogP contribution < -0.4 is 15.9 Å². The first-order valence-corrected chi connectivity index (χ1v) is 11.8. The van der Waals surface area contributed by atoms with E-state index in [9.17, 15) is 9.59 Å².